The number of carboxylic acid groups (broad SMARTS) is 1. The van der Waals surface area contributed by atoms with Gasteiger partial charge in [0.1, 0.15) is 11.5 Å². The van der Waals surface area contributed by atoms with E-state index >= 15 is 0 Å². The number of hydrogen-bond donors (Lipinski definition) is 2. The van der Waals surface area contributed by atoms with Gasteiger partial charge in [-0.2, -0.15) is 0 Å². The highest BCUT2D eigenvalue weighted by molar-refractivity contribution is 5.67. The van der Waals surface area contributed by atoms with E-state index in [2.05, 4.69) is 5.32 Å². The third-order valence-corrected chi connectivity index (χ3v) is 2.41. The Morgan fingerprint density at radius 2 is 2.32 bits per heavy atom. The van der Waals surface area contributed by atoms with E-state index in [4.69, 9.17) is 9.84 Å². The Hall–Kier alpha value is -2.22. The highest BCUT2D eigenvalue weighted by Gasteiger charge is 2.17. The van der Waals surface area contributed by atoms with Crippen molar-refractivity contribution in [3.05, 3.63) is 34.1 Å². The predicted molar refractivity (Wildman–Crippen MR) is 64.6 cm³/mol. The molecule has 8 heteroatoms. The minimum absolute atomic E-state index is 0.0163. The summed E-state index contributed by atoms with van der Waals surface area (Å²) in [6, 6.07) is 3.00. The Labute approximate surface area is 108 Å². The van der Waals surface area contributed by atoms with Crippen molar-refractivity contribution in [2.24, 2.45) is 0 Å². The Morgan fingerprint density at radius 1 is 1.63 bits per heavy atom. The molecule has 2 N–H and O–H groups in total. The van der Waals surface area contributed by atoms with Crippen LogP contribution in [0.3, 0.4) is 0 Å². The maximum atomic E-state index is 13.0. The van der Waals surface area contributed by atoms with E-state index < -0.39 is 22.8 Å². The van der Waals surface area contributed by atoms with Gasteiger partial charge in [0.2, 0.25) is 0 Å². The SMILES string of the molecule is COC(CNc1cc(F)ccc1[N+](=O)[O-])CC(=O)O. The summed E-state index contributed by atoms with van der Waals surface area (Å²) in [6.07, 6.45) is -0.924. The lowest BCUT2D eigenvalue weighted by atomic mass is 10.2. The minimum Gasteiger partial charge on any atom is -0.481 e. The van der Waals surface area contributed by atoms with Crippen LogP contribution in [0.25, 0.3) is 0 Å². The molecule has 0 aromatic heterocycles. The second kappa shape index (κ2) is 6.64. The van der Waals surface area contributed by atoms with E-state index in [9.17, 15) is 19.3 Å². The summed E-state index contributed by atoms with van der Waals surface area (Å²) in [5, 5.41) is 22.0. The molecule has 19 heavy (non-hydrogen) atoms. The Morgan fingerprint density at radius 3 is 2.84 bits per heavy atom. The zero-order valence-corrected chi connectivity index (χ0v) is 10.1. The number of nitrogens with zero attached hydrogens (tertiary/aromatic N) is 1. The summed E-state index contributed by atoms with van der Waals surface area (Å²) in [7, 11) is 1.33. The van der Waals surface area contributed by atoms with Crippen LogP contribution in [-0.4, -0.2) is 35.8 Å². The molecular formula is C11H13FN2O5. The second-order valence-corrected chi connectivity index (χ2v) is 3.76. The largest absolute Gasteiger partial charge is 0.481 e. The number of carboxylic acids is 1. The number of methoxy groups -OCH3 is 1. The molecule has 0 amide bonds. The number of benzene rings is 1. The van der Waals surface area contributed by atoms with Gasteiger partial charge in [-0.3, -0.25) is 14.9 Å². The molecule has 1 aromatic carbocycles. The van der Waals surface area contributed by atoms with Crippen LogP contribution in [0.1, 0.15) is 6.42 Å². The van der Waals surface area contributed by atoms with Gasteiger partial charge in [0.15, 0.2) is 0 Å². The topological polar surface area (TPSA) is 102 Å². The summed E-state index contributed by atoms with van der Waals surface area (Å²) in [5.74, 6) is -1.68. The van der Waals surface area contributed by atoms with Gasteiger partial charge in [-0.25, -0.2) is 4.39 Å². The summed E-state index contributed by atoms with van der Waals surface area (Å²) in [5.41, 5.74) is -0.302. The first-order valence-electron chi connectivity index (χ1n) is 5.36. The van der Waals surface area contributed by atoms with Gasteiger partial charge in [0.05, 0.1) is 17.4 Å². The summed E-state index contributed by atoms with van der Waals surface area (Å²) >= 11 is 0. The van der Waals surface area contributed by atoms with Crippen molar-refractivity contribution in [2.75, 3.05) is 19.0 Å². The van der Waals surface area contributed by atoms with Gasteiger partial charge in [0, 0.05) is 25.8 Å². The fourth-order valence-corrected chi connectivity index (χ4v) is 1.47. The van der Waals surface area contributed by atoms with Crippen molar-refractivity contribution >= 4 is 17.3 Å². The smallest absolute Gasteiger partial charge is 0.306 e. The zero-order chi connectivity index (χ0) is 14.4. The molecule has 1 aromatic rings. The normalized spacial score (nSPS) is 11.9. The third kappa shape index (κ3) is 4.51. The number of rotatable bonds is 7. The number of nitro groups is 1. The van der Waals surface area contributed by atoms with Crippen molar-refractivity contribution in [3.63, 3.8) is 0 Å². The number of aliphatic carboxylic acids is 1. The van der Waals surface area contributed by atoms with E-state index in [1.807, 2.05) is 0 Å². The maximum Gasteiger partial charge on any atom is 0.306 e. The lowest BCUT2D eigenvalue weighted by Crippen LogP contribution is -2.25. The lowest BCUT2D eigenvalue weighted by molar-refractivity contribution is -0.384. The molecule has 0 aliphatic carbocycles. The van der Waals surface area contributed by atoms with Crippen molar-refractivity contribution in [1.82, 2.24) is 0 Å². The van der Waals surface area contributed by atoms with E-state index in [1.165, 1.54) is 7.11 Å². The molecular weight excluding hydrogens is 259 g/mol. The van der Waals surface area contributed by atoms with Gasteiger partial charge in [-0.1, -0.05) is 0 Å². The molecule has 1 unspecified atom stereocenters. The molecule has 0 spiro atoms. The van der Waals surface area contributed by atoms with Crippen LogP contribution < -0.4 is 5.32 Å². The Kier molecular flexibility index (Phi) is 5.19. The molecule has 7 nitrogen and oxygen atoms in total. The molecule has 0 aliphatic rings. The van der Waals surface area contributed by atoms with Gasteiger partial charge < -0.3 is 15.2 Å². The van der Waals surface area contributed by atoms with Crippen LogP contribution in [0, 0.1) is 15.9 Å². The average molecular weight is 272 g/mol. The molecule has 0 fully saturated rings. The molecule has 0 aliphatic heterocycles. The Bertz CT molecular complexity index is 480. The van der Waals surface area contributed by atoms with Crippen LogP contribution in [0.5, 0.6) is 0 Å². The number of anilines is 1. The summed E-state index contributed by atoms with van der Waals surface area (Å²) in [4.78, 5) is 20.6. The van der Waals surface area contributed by atoms with Crippen LogP contribution in [-0.2, 0) is 9.53 Å². The van der Waals surface area contributed by atoms with Gasteiger partial charge >= 0.3 is 5.97 Å². The van der Waals surface area contributed by atoms with E-state index in [0.29, 0.717) is 0 Å². The molecule has 1 rings (SSSR count). The maximum absolute atomic E-state index is 13.0. The fraction of sp³-hybridized carbons (Fsp3) is 0.364. The summed E-state index contributed by atoms with van der Waals surface area (Å²) < 4.78 is 17.9. The molecule has 0 bridgehead atoms. The quantitative estimate of drug-likeness (QED) is 0.578. The number of ether oxygens (including phenoxy) is 1. The highest BCUT2D eigenvalue weighted by atomic mass is 19.1. The standard InChI is InChI=1S/C11H13FN2O5/c1-19-8(5-11(15)16)6-13-9-4-7(12)2-3-10(9)14(17)18/h2-4,8,13H,5-6H2,1H3,(H,15,16). The Balaban J connectivity index is 2.78. The minimum atomic E-state index is -1.05. The first kappa shape index (κ1) is 14.8. The van der Waals surface area contributed by atoms with E-state index in [-0.39, 0.29) is 24.3 Å². The molecule has 0 saturated heterocycles. The second-order valence-electron chi connectivity index (χ2n) is 3.76. The van der Waals surface area contributed by atoms with Crippen molar-refractivity contribution in [2.45, 2.75) is 12.5 Å². The number of carbonyl (C=O) groups is 1. The molecule has 104 valence electrons. The van der Waals surface area contributed by atoms with Crippen LogP contribution >= 0.6 is 0 Å². The van der Waals surface area contributed by atoms with Gasteiger partial charge in [-0.15, -0.1) is 0 Å². The monoisotopic (exact) mass is 272 g/mol. The van der Waals surface area contributed by atoms with Crippen LogP contribution in [0.2, 0.25) is 0 Å². The van der Waals surface area contributed by atoms with Gasteiger partial charge in [0.25, 0.3) is 5.69 Å². The predicted octanol–water partition coefficient (Wildman–Crippen LogP) is 1.64. The molecule has 0 heterocycles. The number of nitrogens with one attached hydrogen (secondary N) is 1. The number of nitro benzene ring substituents is 1. The van der Waals surface area contributed by atoms with Gasteiger partial charge in [-0.05, 0) is 6.07 Å². The first-order chi connectivity index (χ1) is 8.93. The lowest BCUT2D eigenvalue weighted by Gasteiger charge is -2.14. The zero-order valence-electron chi connectivity index (χ0n) is 10.1. The number of hydrogen-bond acceptors (Lipinski definition) is 5. The van der Waals surface area contributed by atoms with Crippen LogP contribution in [0.4, 0.5) is 15.8 Å². The fourth-order valence-electron chi connectivity index (χ4n) is 1.47. The van der Waals surface area contributed by atoms with E-state index in [0.717, 1.165) is 18.2 Å². The van der Waals surface area contributed by atoms with Crippen molar-refractivity contribution < 1.29 is 24.0 Å². The molecule has 0 radical (unpaired) electrons. The number of halogens is 1. The first-order valence-corrected chi connectivity index (χ1v) is 5.36. The van der Waals surface area contributed by atoms with Crippen molar-refractivity contribution in [1.29, 1.82) is 0 Å². The van der Waals surface area contributed by atoms with E-state index in [1.54, 1.807) is 0 Å². The third-order valence-electron chi connectivity index (χ3n) is 2.41. The van der Waals surface area contributed by atoms with Crippen molar-refractivity contribution in [3.8, 4) is 0 Å². The molecule has 0 saturated carbocycles. The average Bonchev–Trinajstić information content (AvgIpc) is 2.33. The highest BCUT2D eigenvalue weighted by Crippen LogP contribution is 2.24. The van der Waals surface area contributed by atoms with Crippen LogP contribution in [0.15, 0.2) is 18.2 Å². The molecule has 1 atom stereocenters. The summed E-state index contributed by atoms with van der Waals surface area (Å²) in [6.45, 7) is 0.0209.